The van der Waals surface area contributed by atoms with E-state index in [1.165, 1.54) is 0 Å². The summed E-state index contributed by atoms with van der Waals surface area (Å²) in [6.07, 6.45) is 2.81. The number of anilines is 1. The van der Waals surface area contributed by atoms with Gasteiger partial charge in [-0.15, -0.1) is 0 Å². The van der Waals surface area contributed by atoms with Crippen LogP contribution >= 0.6 is 0 Å². The van der Waals surface area contributed by atoms with Crippen LogP contribution in [0.25, 0.3) is 0 Å². The van der Waals surface area contributed by atoms with Gasteiger partial charge in [-0.3, -0.25) is 9.59 Å². The van der Waals surface area contributed by atoms with E-state index in [-0.39, 0.29) is 11.8 Å². The summed E-state index contributed by atoms with van der Waals surface area (Å²) in [4.78, 5) is 24.3. The molecule has 0 aliphatic carbocycles. The summed E-state index contributed by atoms with van der Waals surface area (Å²) >= 11 is 0. The fraction of sp³-hybridized carbons (Fsp3) is 0.364. The second-order valence-electron chi connectivity index (χ2n) is 6.34. The van der Waals surface area contributed by atoms with Crippen molar-refractivity contribution in [2.45, 2.75) is 32.6 Å². The predicted octanol–water partition coefficient (Wildman–Crippen LogP) is 4.02. The number of rotatable bonds is 11. The SMILES string of the molecule is CCCCOc1ccc(OC)cc1NC(=O)CCCNC(=O)c1ccccc1. The van der Waals surface area contributed by atoms with E-state index < -0.39 is 0 Å². The highest BCUT2D eigenvalue weighted by Gasteiger charge is 2.10. The molecule has 2 aromatic rings. The number of nitrogens with one attached hydrogen (secondary N) is 2. The Kier molecular flexibility index (Phi) is 8.85. The quantitative estimate of drug-likeness (QED) is 0.574. The molecule has 0 spiro atoms. The molecule has 0 unspecified atom stereocenters. The Morgan fingerprint density at radius 2 is 1.82 bits per heavy atom. The Hall–Kier alpha value is -3.02. The van der Waals surface area contributed by atoms with Crippen molar-refractivity contribution in [3.8, 4) is 11.5 Å². The molecule has 6 nitrogen and oxygen atoms in total. The van der Waals surface area contributed by atoms with Gasteiger partial charge >= 0.3 is 0 Å². The van der Waals surface area contributed by atoms with E-state index in [2.05, 4.69) is 17.6 Å². The lowest BCUT2D eigenvalue weighted by molar-refractivity contribution is -0.116. The Balaban J connectivity index is 1.82. The van der Waals surface area contributed by atoms with Crippen molar-refractivity contribution >= 4 is 17.5 Å². The minimum absolute atomic E-state index is 0.137. The number of hydrogen-bond acceptors (Lipinski definition) is 4. The number of unbranched alkanes of at least 4 members (excludes halogenated alkanes) is 1. The Labute approximate surface area is 166 Å². The highest BCUT2D eigenvalue weighted by atomic mass is 16.5. The molecule has 0 bridgehead atoms. The maximum absolute atomic E-state index is 12.3. The van der Waals surface area contributed by atoms with Crippen molar-refractivity contribution in [3.63, 3.8) is 0 Å². The standard InChI is InChI=1S/C22H28N2O4/c1-3-4-15-28-20-13-12-18(27-2)16-19(20)24-21(25)11-8-14-23-22(26)17-9-6-5-7-10-17/h5-7,9-10,12-13,16H,3-4,8,11,14-15H2,1-2H3,(H,23,26)(H,24,25). The maximum atomic E-state index is 12.3. The van der Waals surface area contributed by atoms with Gasteiger partial charge in [0.15, 0.2) is 0 Å². The Morgan fingerprint density at radius 3 is 2.54 bits per heavy atom. The molecule has 6 heteroatoms. The van der Waals surface area contributed by atoms with Gasteiger partial charge < -0.3 is 20.1 Å². The monoisotopic (exact) mass is 384 g/mol. The molecule has 2 aromatic carbocycles. The number of methoxy groups -OCH3 is 1. The third kappa shape index (κ3) is 6.95. The van der Waals surface area contributed by atoms with Crippen molar-refractivity contribution in [2.24, 2.45) is 0 Å². The van der Waals surface area contributed by atoms with Crippen LogP contribution in [0.2, 0.25) is 0 Å². The van der Waals surface area contributed by atoms with Crippen molar-refractivity contribution in [2.75, 3.05) is 25.6 Å². The van der Waals surface area contributed by atoms with Crippen LogP contribution in [0.4, 0.5) is 5.69 Å². The molecule has 150 valence electrons. The molecular formula is C22H28N2O4. The molecule has 28 heavy (non-hydrogen) atoms. The van der Waals surface area contributed by atoms with Crippen LogP contribution in [0.5, 0.6) is 11.5 Å². The molecule has 0 fully saturated rings. The Bertz CT molecular complexity index is 762. The Morgan fingerprint density at radius 1 is 1.04 bits per heavy atom. The summed E-state index contributed by atoms with van der Waals surface area (Å²) in [5, 5.41) is 5.69. The van der Waals surface area contributed by atoms with E-state index in [0.717, 1.165) is 12.8 Å². The largest absolute Gasteiger partial charge is 0.497 e. The van der Waals surface area contributed by atoms with Gasteiger partial charge in [0.1, 0.15) is 11.5 Å². The third-order valence-electron chi connectivity index (χ3n) is 4.12. The molecule has 0 saturated carbocycles. The molecular weight excluding hydrogens is 356 g/mol. The second kappa shape index (κ2) is 11.6. The van der Waals surface area contributed by atoms with E-state index in [1.54, 1.807) is 37.4 Å². The number of benzene rings is 2. The van der Waals surface area contributed by atoms with Gasteiger partial charge in [-0.05, 0) is 37.1 Å². The van der Waals surface area contributed by atoms with E-state index >= 15 is 0 Å². The van der Waals surface area contributed by atoms with Gasteiger partial charge in [-0.1, -0.05) is 31.5 Å². The average molecular weight is 384 g/mol. The van der Waals surface area contributed by atoms with E-state index in [1.807, 2.05) is 18.2 Å². The molecule has 2 amide bonds. The topological polar surface area (TPSA) is 76.7 Å². The molecule has 0 heterocycles. The highest BCUT2D eigenvalue weighted by Crippen LogP contribution is 2.29. The van der Waals surface area contributed by atoms with Crippen LogP contribution < -0.4 is 20.1 Å². The van der Waals surface area contributed by atoms with Gasteiger partial charge in [0.2, 0.25) is 5.91 Å². The summed E-state index contributed by atoms with van der Waals surface area (Å²) in [7, 11) is 1.58. The summed E-state index contributed by atoms with van der Waals surface area (Å²) in [6.45, 7) is 3.12. The lowest BCUT2D eigenvalue weighted by Gasteiger charge is -2.14. The first-order valence-corrected chi connectivity index (χ1v) is 9.58. The van der Waals surface area contributed by atoms with Gasteiger partial charge in [-0.25, -0.2) is 0 Å². The second-order valence-corrected chi connectivity index (χ2v) is 6.34. The maximum Gasteiger partial charge on any atom is 0.251 e. The van der Waals surface area contributed by atoms with Crippen LogP contribution in [0.3, 0.4) is 0 Å². The van der Waals surface area contributed by atoms with Crippen LogP contribution in [-0.4, -0.2) is 32.1 Å². The molecule has 0 aliphatic rings. The van der Waals surface area contributed by atoms with Crippen molar-refractivity contribution in [1.82, 2.24) is 5.32 Å². The van der Waals surface area contributed by atoms with Crippen molar-refractivity contribution in [3.05, 3.63) is 54.1 Å². The van der Waals surface area contributed by atoms with Crippen LogP contribution in [0.1, 0.15) is 43.0 Å². The van der Waals surface area contributed by atoms with Crippen LogP contribution in [0.15, 0.2) is 48.5 Å². The van der Waals surface area contributed by atoms with Crippen molar-refractivity contribution < 1.29 is 19.1 Å². The molecule has 2 N–H and O–H groups in total. The molecule has 0 atom stereocenters. The minimum Gasteiger partial charge on any atom is -0.497 e. The number of ether oxygens (including phenoxy) is 2. The third-order valence-corrected chi connectivity index (χ3v) is 4.12. The van der Waals surface area contributed by atoms with Crippen molar-refractivity contribution in [1.29, 1.82) is 0 Å². The minimum atomic E-state index is -0.139. The first-order chi connectivity index (χ1) is 13.6. The number of amides is 2. The summed E-state index contributed by atoms with van der Waals surface area (Å²) in [5.74, 6) is 0.996. The molecule has 0 radical (unpaired) electrons. The molecule has 2 rings (SSSR count). The van der Waals surface area contributed by atoms with Gasteiger partial charge in [0.05, 0.1) is 19.4 Å². The fourth-order valence-electron chi connectivity index (χ4n) is 2.54. The van der Waals surface area contributed by atoms with Gasteiger partial charge in [0, 0.05) is 24.6 Å². The lowest BCUT2D eigenvalue weighted by Crippen LogP contribution is -2.25. The average Bonchev–Trinajstić information content (AvgIpc) is 2.72. The van der Waals surface area contributed by atoms with E-state index in [4.69, 9.17) is 9.47 Å². The number of carbonyl (C=O) groups is 2. The first-order valence-electron chi connectivity index (χ1n) is 9.58. The highest BCUT2D eigenvalue weighted by molar-refractivity contribution is 5.94. The van der Waals surface area contributed by atoms with E-state index in [0.29, 0.717) is 48.7 Å². The van der Waals surface area contributed by atoms with Crippen LogP contribution in [0, 0.1) is 0 Å². The summed E-state index contributed by atoms with van der Waals surface area (Å²) in [5.41, 5.74) is 1.20. The van der Waals surface area contributed by atoms with Gasteiger partial charge in [-0.2, -0.15) is 0 Å². The first kappa shape index (κ1) is 21.3. The van der Waals surface area contributed by atoms with Crippen LogP contribution in [-0.2, 0) is 4.79 Å². The number of hydrogen-bond donors (Lipinski definition) is 2. The number of carbonyl (C=O) groups excluding carboxylic acids is 2. The molecule has 0 saturated heterocycles. The summed E-state index contributed by atoms with van der Waals surface area (Å²) in [6, 6.07) is 14.3. The lowest BCUT2D eigenvalue weighted by atomic mass is 10.2. The smallest absolute Gasteiger partial charge is 0.251 e. The zero-order valence-corrected chi connectivity index (χ0v) is 16.5. The zero-order chi connectivity index (χ0) is 20.2. The summed E-state index contributed by atoms with van der Waals surface area (Å²) < 4.78 is 11.0. The van der Waals surface area contributed by atoms with E-state index in [9.17, 15) is 9.59 Å². The normalized spacial score (nSPS) is 10.2. The molecule has 0 aromatic heterocycles. The molecule has 0 aliphatic heterocycles. The fourth-order valence-corrected chi connectivity index (χ4v) is 2.54. The predicted molar refractivity (Wildman–Crippen MR) is 110 cm³/mol. The van der Waals surface area contributed by atoms with Gasteiger partial charge in [0.25, 0.3) is 5.91 Å². The zero-order valence-electron chi connectivity index (χ0n) is 16.5.